The summed E-state index contributed by atoms with van der Waals surface area (Å²) in [7, 11) is 0. The van der Waals surface area contributed by atoms with Gasteiger partial charge in [0.25, 0.3) is 0 Å². The van der Waals surface area contributed by atoms with Gasteiger partial charge in [0.1, 0.15) is 5.49 Å². The summed E-state index contributed by atoms with van der Waals surface area (Å²) < 4.78 is 1.72. The van der Waals surface area contributed by atoms with Gasteiger partial charge in [-0.2, -0.15) is 0 Å². The van der Waals surface area contributed by atoms with Crippen LogP contribution in [0.4, 0.5) is 0 Å². The van der Waals surface area contributed by atoms with Crippen molar-refractivity contribution in [3.05, 3.63) is 29.9 Å². The van der Waals surface area contributed by atoms with E-state index in [1.54, 1.807) is 4.57 Å². The van der Waals surface area contributed by atoms with Crippen molar-refractivity contribution in [1.29, 1.82) is 0 Å². The minimum absolute atomic E-state index is 0.198. The van der Waals surface area contributed by atoms with Crippen LogP contribution in [0.5, 0.6) is 0 Å². The predicted molar refractivity (Wildman–Crippen MR) is 67.7 cm³/mol. The average Bonchev–Trinajstić information content (AvgIpc) is 2.81. The largest absolute Gasteiger partial charge is 0.274 e. The summed E-state index contributed by atoms with van der Waals surface area (Å²) in [6, 6.07) is 5.94. The molecular weight excluding hydrogens is 212 g/mol. The van der Waals surface area contributed by atoms with Crippen LogP contribution in [0.3, 0.4) is 0 Å². The van der Waals surface area contributed by atoms with Crippen molar-refractivity contribution in [3.8, 4) is 0 Å². The molecule has 1 saturated carbocycles. The Morgan fingerprint density at radius 1 is 1.35 bits per heavy atom. The topological polar surface area (TPSA) is 34.4 Å². The standard InChI is InChI=1S/C14H20N2O/c1-11(2)15-13-9-5-6-10-16(13)14(17)12-7-3-4-8-12/h5-6,9-12H,3-4,7-8H2,1-2H3. The van der Waals surface area contributed by atoms with E-state index in [9.17, 15) is 4.79 Å². The zero-order valence-electron chi connectivity index (χ0n) is 10.6. The number of hydrogen-bond donors (Lipinski definition) is 0. The number of carbonyl (C=O) groups is 1. The molecule has 0 aliphatic heterocycles. The summed E-state index contributed by atoms with van der Waals surface area (Å²) in [6.07, 6.45) is 6.26. The molecule has 17 heavy (non-hydrogen) atoms. The number of carbonyl (C=O) groups excluding carboxylic acids is 1. The van der Waals surface area contributed by atoms with E-state index in [0.717, 1.165) is 18.3 Å². The molecular formula is C14H20N2O. The predicted octanol–water partition coefficient (Wildman–Crippen LogP) is 2.63. The van der Waals surface area contributed by atoms with Crippen molar-refractivity contribution in [2.75, 3.05) is 0 Å². The number of nitrogens with zero attached hydrogens (tertiary/aromatic N) is 2. The zero-order chi connectivity index (χ0) is 12.3. The summed E-state index contributed by atoms with van der Waals surface area (Å²) in [4.78, 5) is 16.8. The maximum absolute atomic E-state index is 12.4. The van der Waals surface area contributed by atoms with Gasteiger partial charge in [0.05, 0.1) is 0 Å². The van der Waals surface area contributed by atoms with Gasteiger partial charge in [-0.1, -0.05) is 18.9 Å². The molecule has 0 atom stereocenters. The quantitative estimate of drug-likeness (QED) is 0.771. The van der Waals surface area contributed by atoms with Gasteiger partial charge in [-0.05, 0) is 38.8 Å². The van der Waals surface area contributed by atoms with Crippen LogP contribution in [-0.4, -0.2) is 16.5 Å². The summed E-state index contributed by atoms with van der Waals surface area (Å²) in [5.74, 6) is 0.408. The lowest BCUT2D eigenvalue weighted by molar-refractivity contribution is 0.0831. The van der Waals surface area contributed by atoms with Crippen LogP contribution in [-0.2, 0) is 0 Å². The Morgan fingerprint density at radius 2 is 2.06 bits per heavy atom. The highest BCUT2D eigenvalue weighted by atomic mass is 16.2. The van der Waals surface area contributed by atoms with E-state index in [1.165, 1.54) is 12.8 Å². The lowest BCUT2D eigenvalue weighted by Crippen LogP contribution is -2.31. The van der Waals surface area contributed by atoms with Crippen molar-refractivity contribution in [2.24, 2.45) is 10.9 Å². The molecule has 0 radical (unpaired) electrons. The first-order valence-corrected chi connectivity index (χ1v) is 6.44. The minimum atomic E-state index is 0.198. The van der Waals surface area contributed by atoms with Gasteiger partial charge in [-0.25, -0.2) is 0 Å². The third-order valence-corrected chi connectivity index (χ3v) is 3.17. The molecule has 0 aromatic carbocycles. The second kappa shape index (κ2) is 5.30. The zero-order valence-corrected chi connectivity index (χ0v) is 10.6. The lowest BCUT2D eigenvalue weighted by Gasteiger charge is -2.11. The number of pyridine rings is 1. The Hall–Kier alpha value is -1.38. The van der Waals surface area contributed by atoms with E-state index in [2.05, 4.69) is 4.99 Å². The fourth-order valence-corrected chi connectivity index (χ4v) is 2.36. The van der Waals surface area contributed by atoms with Gasteiger partial charge in [-0.3, -0.25) is 14.4 Å². The second-order valence-electron chi connectivity index (χ2n) is 4.97. The molecule has 1 aliphatic carbocycles. The average molecular weight is 232 g/mol. The normalized spacial score (nSPS) is 17.9. The molecule has 0 unspecified atom stereocenters. The van der Waals surface area contributed by atoms with Crippen LogP contribution < -0.4 is 5.49 Å². The fraction of sp³-hybridized carbons (Fsp3) is 0.571. The number of hydrogen-bond acceptors (Lipinski definition) is 2. The van der Waals surface area contributed by atoms with E-state index >= 15 is 0 Å². The van der Waals surface area contributed by atoms with Gasteiger partial charge in [0.15, 0.2) is 0 Å². The molecule has 0 spiro atoms. The summed E-state index contributed by atoms with van der Waals surface area (Å²) in [5, 5.41) is 0. The Morgan fingerprint density at radius 3 is 2.71 bits per heavy atom. The maximum atomic E-state index is 12.4. The first-order chi connectivity index (χ1) is 8.18. The van der Waals surface area contributed by atoms with Crippen LogP contribution in [0.25, 0.3) is 0 Å². The van der Waals surface area contributed by atoms with Crippen molar-refractivity contribution >= 4 is 5.91 Å². The third kappa shape index (κ3) is 2.84. The van der Waals surface area contributed by atoms with Gasteiger partial charge >= 0.3 is 0 Å². The smallest absolute Gasteiger partial charge is 0.235 e. The van der Waals surface area contributed by atoms with Crippen molar-refractivity contribution in [1.82, 2.24) is 4.57 Å². The highest BCUT2D eigenvalue weighted by Crippen LogP contribution is 2.25. The van der Waals surface area contributed by atoms with Gasteiger partial charge in [0, 0.05) is 18.2 Å². The van der Waals surface area contributed by atoms with Crippen LogP contribution >= 0.6 is 0 Å². The molecule has 1 aliphatic rings. The molecule has 0 bridgehead atoms. The van der Waals surface area contributed by atoms with Crippen molar-refractivity contribution in [2.45, 2.75) is 45.6 Å². The maximum Gasteiger partial charge on any atom is 0.235 e. The van der Waals surface area contributed by atoms with Crippen LogP contribution in [0.2, 0.25) is 0 Å². The first-order valence-electron chi connectivity index (χ1n) is 6.44. The van der Waals surface area contributed by atoms with Crippen LogP contribution in [0, 0.1) is 5.92 Å². The Labute approximate surface area is 102 Å². The molecule has 92 valence electrons. The molecule has 3 heteroatoms. The molecule has 1 fully saturated rings. The van der Waals surface area contributed by atoms with Crippen molar-refractivity contribution in [3.63, 3.8) is 0 Å². The van der Waals surface area contributed by atoms with Gasteiger partial charge in [0.2, 0.25) is 5.91 Å². The molecule has 2 rings (SSSR count). The third-order valence-electron chi connectivity index (χ3n) is 3.17. The van der Waals surface area contributed by atoms with Crippen LogP contribution in [0.1, 0.15) is 44.3 Å². The van der Waals surface area contributed by atoms with Crippen molar-refractivity contribution < 1.29 is 4.79 Å². The van der Waals surface area contributed by atoms with E-state index in [-0.39, 0.29) is 17.9 Å². The van der Waals surface area contributed by atoms with E-state index in [1.807, 2.05) is 38.2 Å². The van der Waals surface area contributed by atoms with E-state index in [0.29, 0.717) is 0 Å². The number of rotatable bonds is 2. The Kier molecular flexibility index (Phi) is 3.77. The monoisotopic (exact) mass is 232 g/mol. The Balaban J connectivity index is 2.34. The summed E-state index contributed by atoms with van der Waals surface area (Å²) in [5.41, 5.74) is 0.777. The summed E-state index contributed by atoms with van der Waals surface area (Å²) >= 11 is 0. The second-order valence-corrected chi connectivity index (χ2v) is 4.97. The lowest BCUT2D eigenvalue weighted by atomic mass is 10.1. The first kappa shape index (κ1) is 12.1. The fourth-order valence-electron chi connectivity index (χ4n) is 2.36. The minimum Gasteiger partial charge on any atom is -0.274 e. The highest BCUT2D eigenvalue weighted by molar-refractivity contribution is 5.81. The van der Waals surface area contributed by atoms with E-state index in [4.69, 9.17) is 0 Å². The molecule has 1 aromatic rings. The molecule has 0 saturated heterocycles. The molecule has 0 N–H and O–H groups in total. The summed E-state index contributed by atoms with van der Waals surface area (Å²) in [6.45, 7) is 4.05. The number of aromatic nitrogens is 1. The SMILES string of the molecule is CC(C)N=c1ccccn1C(=O)C1CCCC1. The molecule has 3 nitrogen and oxygen atoms in total. The highest BCUT2D eigenvalue weighted by Gasteiger charge is 2.23. The van der Waals surface area contributed by atoms with Gasteiger partial charge in [-0.15, -0.1) is 0 Å². The van der Waals surface area contributed by atoms with Crippen LogP contribution in [0.15, 0.2) is 29.4 Å². The molecule has 0 amide bonds. The van der Waals surface area contributed by atoms with Gasteiger partial charge < -0.3 is 0 Å². The Bertz CT molecular complexity index is 453. The molecule has 1 heterocycles. The van der Waals surface area contributed by atoms with E-state index < -0.39 is 0 Å². The molecule has 1 aromatic heterocycles.